The maximum atomic E-state index is 12.2. The molecule has 0 aliphatic rings. The molecule has 1 amide bonds. The summed E-state index contributed by atoms with van der Waals surface area (Å²) >= 11 is 0. The van der Waals surface area contributed by atoms with E-state index in [9.17, 15) is 14.4 Å². The number of hydrogen-bond acceptors (Lipinski definition) is 5. The molecule has 3 rings (SSSR count). The molecule has 30 heavy (non-hydrogen) atoms. The van der Waals surface area contributed by atoms with Gasteiger partial charge in [-0.05, 0) is 42.0 Å². The Labute approximate surface area is 174 Å². The van der Waals surface area contributed by atoms with Crippen molar-refractivity contribution in [3.8, 4) is 5.69 Å². The van der Waals surface area contributed by atoms with Crippen molar-refractivity contribution in [1.29, 1.82) is 0 Å². The lowest BCUT2D eigenvalue weighted by Gasteiger charge is -2.16. The molecule has 3 aromatic rings. The summed E-state index contributed by atoms with van der Waals surface area (Å²) in [6.45, 7) is -0.500. The van der Waals surface area contributed by atoms with E-state index in [1.54, 1.807) is 24.3 Å². The minimum Gasteiger partial charge on any atom is -0.467 e. The number of benzene rings is 2. The van der Waals surface area contributed by atoms with E-state index in [4.69, 9.17) is 9.47 Å². The van der Waals surface area contributed by atoms with Crippen LogP contribution in [0, 0.1) is 0 Å². The highest BCUT2D eigenvalue weighted by Gasteiger charge is 2.22. The summed E-state index contributed by atoms with van der Waals surface area (Å²) in [7, 11) is 1.25. The summed E-state index contributed by atoms with van der Waals surface area (Å²) in [5.41, 5.74) is 2.09. The number of methoxy groups -OCH3 is 1. The highest BCUT2D eigenvalue weighted by Crippen LogP contribution is 2.11. The Hall–Kier alpha value is -3.87. The smallest absolute Gasteiger partial charge is 0.338 e. The molecule has 1 N–H and O–H groups in total. The summed E-state index contributed by atoms with van der Waals surface area (Å²) in [5, 5.41) is 2.56. The molecule has 7 heteroatoms. The Morgan fingerprint density at radius 3 is 2.23 bits per heavy atom. The van der Waals surface area contributed by atoms with E-state index in [1.807, 2.05) is 59.4 Å². The van der Waals surface area contributed by atoms with Crippen molar-refractivity contribution in [3.63, 3.8) is 0 Å². The van der Waals surface area contributed by atoms with Gasteiger partial charge in [0.05, 0.1) is 12.7 Å². The number of aromatic nitrogens is 1. The van der Waals surface area contributed by atoms with Gasteiger partial charge in [-0.15, -0.1) is 0 Å². The van der Waals surface area contributed by atoms with Crippen LogP contribution in [0.15, 0.2) is 79.1 Å². The van der Waals surface area contributed by atoms with Crippen LogP contribution in [0.1, 0.15) is 15.9 Å². The highest BCUT2D eigenvalue weighted by atomic mass is 16.5. The number of nitrogens with zero attached hydrogens (tertiary/aromatic N) is 1. The standard InChI is InChI=1S/C23H22N2O5/c1-29-23(28)20(15-17-7-3-2-4-8-17)24-21(26)16-30-22(27)18-9-11-19(12-10-18)25-13-5-6-14-25/h2-14,20H,15-16H2,1H3,(H,24,26). The first-order chi connectivity index (χ1) is 14.6. The van der Waals surface area contributed by atoms with Crippen LogP contribution in [0.5, 0.6) is 0 Å². The monoisotopic (exact) mass is 406 g/mol. The zero-order valence-electron chi connectivity index (χ0n) is 16.5. The molecule has 0 aliphatic heterocycles. The molecular formula is C23H22N2O5. The van der Waals surface area contributed by atoms with Gasteiger partial charge < -0.3 is 19.4 Å². The third-order valence-electron chi connectivity index (χ3n) is 4.44. The number of rotatable bonds is 8. The van der Waals surface area contributed by atoms with Gasteiger partial charge in [0.25, 0.3) is 5.91 Å². The number of carbonyl (C=O) groups is 3. The van der Waals surface area contributed by atoms with Crippen molar-refractivity contribution >= 4 is 17.8 Å². The molecule has 0 spiro atoms. The fourth-order valence-electron chi connectivity index (χ4n) is 2.91. The second kappa shape index (κ2) is 10.1. The Morgan fingerprint density at radius 1 is 0.933 bits per heavy atom. The van der Waals surface area contributed by atoms with Crippen molar-refractivity contribution in [2.45, 2.75) is 12.5 Å². The number of ether oxygens (including phenoxy) is 2. The Kier molecular flexibility index (Phi) is 7.00. The van der Waals surface area contributed by atoms with E-state index in [-0.39, 0.29) is 6.42 Å². The summed E-state index contributed by atoms with van der Waals surface area (Å²) in [5.74, 6) is -1.78. The van der Waals surface area contributed by atoms with Crippen molar-refractivity contribution in [3.05, 3.63) is 90.3 Å². The third-order valence-corrected chi connectivity index (χ3v) is 4.44. The highest BCUT2D eigenvalue weighted by molar-refractivity contribution is 5.92. The zero-order chi connectivity index (χ0) is 21.3. The largest absolute Gasteiger partial charge is 0.467 e. The molecule has 0 fully saturated rings. The van der Waals surface area contributed by atoms with Crippen molar-refractivity contribution in [2.75, 3.05) is 13.7 Å². The van der Waals surface area contributed by atoms with Crippen molar-refractivity contribution in [2.24, 2.45) is 0 Å². The molecule has 0 saturated carbocycles. The van der Waals surface area contributed by atoms with Crippen LogP contribution >= 0.6 is 0 Å². The van der Waals surface area contributed by atoms with Crippen molar-refractivity contribution < 1.29 is 23.9 Å². The van der Waals surface area contributed by atoms with E-state index < -0.39 is 30.5 Å². The first-order valence-corrected chi connectivity index (χ1v) is 9.38. The van der Waals surface area contributed by atoms with E-state index in [2.05, 4.69) is 5.32 Å². The van der Waals surface area contributed by atoms with Crippen LogP contribution < -0.4 is 5.32 Å². The normalized spacial score (nSPS) is 11.4. The topological polar surface area (TPSA) is 86.6 Å². The molecule has 0 bridgehead atoms. The van der Waals surface area contributed by atoms with Crippen LogP contribution in [-0.4, -0.2) is 42.2 Å². The average molecular weight is 406 g/mol. The van der Waals surface area contributed by atoms with Crippen molar-refractivity contribution in [1.82, 2.24) is 9.88 Å². The molecular weight excluding hydrogens is 384 g/mol. The number of amides is 1. The van der Waals surface area contributed by atoms with E-state index >= 15 is 0 Å². The van der Waals surface area contributed by atoms with Crippen LogP contribution in [0.2, 0.25) is 0 Å². The second-order valence-electron chi connectivity index (χ2n) is 6.55. The fourth-order valence-corrected chi connectivity index (χ4v) is 2.91. The Balaban J connectivity index is 1.54. The first kappa shape index (κ1) is 20.9. The van der Waals surface area contributed by atoms with Crippen LogP contribution in [0.25, 0.3) is 5.69 Å². The molecule has 0 aliphatic carbocycles. The van der Waals surface area contributed by atoms with Gasteiger partial charge in [0.15, 0.2) is 6.61 Å². The maximum Gasteiger partial charge on any atom is 0.338 e. The SMILES string of the molecule is COC(=O)C(Cc1ccccc1)NC(=O)COC(=O)c1ccc(-n2cccc2)cc1. The van der Waals surface area contributed by atoms with Gasteiger partial charge in [-0.1, -0.05) is 30.3 Å². The molecule has 2 aromatic carbocycles. The fraction of sp³-hybridized carbons (Fsp3) is 0.174. The Bertz CT molecular complexity index is 982. The average Bonchev–Trinajstić information content (AvgIpc) is 3.32. The van der Waals surface area contributed by atoms with E-state index in [0.29, 0.717) is 5.56 Å². The lowest BCUT2D eigenvalue weighted by Crippen LogP contribution is -2.44. The molecule has 1 heterocycles. The molecule has 7 nitrogen and oxygen atoms in total. The predicted octanol–water partition coefficient (Wildman–Crippen LogP) is 2.53. The number of nitrogens with one attached hydrogen (secondary N) is 1. The lowest BCUT2D eigenvalue weighted by atomic mass is 10.1. The van der Waals surface area contributed by atoms with Gasteiger partial charge in [-0.2, -0.15) is 0 Å². The van der Waals surface area contributed by atoms with Crippen LogP contribution in [0.3, 0.4) is 0 Å². The molecule has 0 saturated heterocycles. The van der Waals surface area contributed by atoms with Crippen LogP contribution in [-0.2, 0) is 25.5 Å². The van der Waals surface area contributed by atoms with Crippen LogP contribution in [0.4, 0.5) is 0 Å². The summed E-state index contributed by atoms with van der Waals surface area (Å²) < 4.78 is 11.7. The number of hydrogen-bond donors (Lipinski definition) is 1. The Morgan fingerprint density at radius 2 is 1.60 bits per heavy atom. The molecule has 1 unspecified atom stereocenters. The van der Waals surface area contributed by atoms with Gasteiger partial charge in [0.2, 0.25) is 0 Å². The second-order valence-corrected chi connectivity index (χ2v) is 6.55. The minimum absolute atomic E-state index is 0.272. The molecule has 1 aromatic heterocycles. The zero-order valence-corrected chi connectivity index (χ0v) is 16.5. The van der Waals surface area contributed by atoms with Gasteiger partial charge in [-0.25, -0.2) is 9.59 Å². The third kappa shape index (κ3) is 5.57. The number of carbonyl (C=O) groups excluding carboxylic acids is 3. The predicted molar refractivity (Wildman–Crippen MR) is 110 cm³/mol. The van der Waals surface area contributed by atoms with Gasteiger partial charge in [0.1, 0.15) is 6.04 Å². The van der Waals surface area contributed by atoms with E-state index in [1.165, 1.54) is 7.11 Å². The summed E-state index contributed by atoms with van der Waals surface area (Å²) in [6.07, 6.45) is 4.06. The van der Waals surface area contributed by atoms with Gasteiger partial charge in [-0.3, -0.25) is 4.79 Å². The molecule has 154 valence electrons. The summed E-state index contributed by atoms with van der Waals surface area (Å²) in [6, 6.07) is 19.0. The molecule has 0 radical (unpaired) electrons. The van der Waals surface area contributed by atoms with Gasteiger partial charge >= 0.3 is 11.9 Å². The minimum atomic E-state index is -0.871. The first-order valence-electron chi connectivity index (χ1n) is 9.38. The molecule has 1 atom stereocenters. The van der Waals surface area contributed by atoms with Gasteiger partial charge in [0, 0.05) is 24.5 Å². The van der Waals surface area contributed by atoms with E-state index in [0.717, 1.165) is 11.3 Å². The maximum absolute atomic E-state index is 12.2. The number of esters is 2. The summed E-state index contributed by atoms with van der Waals surface area (Å²) in [4.78, 5) is 36.4. The lowest BCUT2D eigenvalue weighted by molar-refractivity contribution is -0.145. The quantitative estimate of drug-likeness (QED) is 0.581.